The van der Waals surface area contributed by atoms with E-state index in [1.165, 1.54) is 55.6 Å². The molecular weight excluding hydrogens is 557 g/mol. The van der Waals surface area contributed by atoms with Gasteiger partial charge in [-0.3, -0.25) is 0 Å². The first kappa shape index (κ1) is 31.6. The van der Waals surface area contributed by atoms with Crippen LogP contribution in [0.3, 0.4) is 0 Å². The normalized spacial score (nSPS) is 14.6. The van der Waals surface area contributed by atoms with E-state index in [0.29, 0.717) is 11.8 Å². The standard InChI is InChI=1S/C44H50Si/c1-9-17-33-27-31-19-15-25-39(37-23-13-11-21-35(37)29(3)4)41(31)43(33)45(7,8)44-34(18-10-2)28-32-20-16-26-40(42(32)44)38-24-14-12-22-36(38)30(5)6/h11-16,19-30H,9-10,17-18H2,1-8H3. The monoisotopic (exact) mass is 606 g/mol. The summed E-state index contributed by atoms with van der Waals surface area (Å²) in [5.74, 6) is 0.933. The van der Waals surface area contributed by atoms with Crippen LogP contribution in [0.4, 0.5) is 0 Å². The maximum absolute atomic E-state index is 2.66. The second-order valence-corrected chi connectivity index (χ2v) is 18.5. The molecular formula is C44H50Si. The number of rotatable bonds is 10. The van der Waals surface area contributed by atoms with Crippen molar-refractivity contribution >= 4 is 18.5 Å². The van der Waals surface area contributed by atoms with Gasteiger partial charge in [-0.25, -0.2) is 0 Å². The largest absolute Gasteiger partial charge is 0.113 e. The summed E-state index contributed by atoms with van der Waals surface area (Å²) < 4.78 is 0. The van der Waals surface area contributed by atoms with Crippen molar-refractivity contribution in [2.45, 2.75) is 92.2 Å². The molecule has 0 nitrogen and oxygen atoms in total. The first-order valence-electron chi connectivity index (χ1n) is 17.3. The van der Waals surface area contributed by atoms with Crippen LogP contribution in [0.5, 0.6) is 0 Å². The molecule has 0 unspecified atom stereocenters. The van der Waals surface area contributed by atoms with Crippen LogP contribution in [0, 0.1) is 12.8 Å². The molecule has 2 aliphatic rings. The Morgan fingerprint density at radius 2 is 0.867 bits per heavy atom. The molecule has 0 aliphatic heterocycles. The van der Waals surface area contributed by atoms with E-state index in [9.17, 15) is 0 Å². The zero-order chi connectivity index (χ0) is 31.9. The van der Waals surface area contributed by atoms with Gasteiger partial charge in [0, 0.05) is 12.8 Å². The van der Waals surface area contributed by atoms with Gasteiger partial charge in [-0.2, -0.15) is 0 Å². The van der Waals surface area contributed by atoms with Gasteiger partial charge in [0.25, 0.3) is 0 Å². The number of allylic oxidation sites excluding steroid dienone is 2. The molecule has 2 aliphatic carbocycles. The molecule has 0 bridgehead atoms. The van der Waals surface area contributed by atoms with E-state index in [4.69, 9.17) is 0 Å². The van der Waals surface area contributed by atoms with Gasteiger partial charge in [-0.05, 0) is 90.7 Å². The zero-order valence-electron chi connectivity index (χ0n) is 28.7. The number of hydrogen-bond acceptors (Lipinski definition) is 0. The molecule has 0 saturated heterocycles. The van der Waals surface area contributed by atoms with Gasteiger partial charge in [0.1, 0.15) is 8.07 Å². The molecule has 0 atom stereocenters. The fourth-order valence-electron chi connectivity index (χ4n) is 8.21. The summed E-state index contributed by atoms with van der Waals surface area (Å²) in [4.78, 5) is 0. The van der Waals surface area contributed by atoms with Crippen LogP contribution in [0.25, 0.3) is 32.6 Å². The number of benzene rings is 4. The van der Waals surface area contributed by atoms with E-state index >= 15 is 0 Å². The molecule has 0 aromatic heterocycles. The maximum atomic E-state index is 2.66. The van der Waals surface area contributed by atoms with Gasteiger partial charge < -0.3 is 0 Å². The Balaban J connectivity index is 1.63. The molecule has 230 valence electrons. The summed E-state index contributed by atoms with van der Waals surface area (Å²) in [6, 6.07) is 32.3. The van der Waals surface area contributed by atoms with Crippen molar-refractivity contribution in [3.63, 3.8) is 0 Å². The topological polar surface area (TPSA) is 0 Å². The molecule has 4 aromatic rings. The lowest BCUT2D eigenvalue weighted by Gasteiger charge is -2.33. The second kappa shape index (κ2) is 12.8. The molecule has 2 radical (unpaired) electrons. The summed E-state index contributed by atoms with van der Waals surface area (Å²) in [5.41, 5.74) is 17.4. The van der Waals surface area contributed by atoms with E-state index < -0.39 is 8.07 Å². The van der Waals surface area contributed by atoms with Crippen molar-refractivity contribution in [3.05, 3.63) is 142 Å². The SMILES string of the molecule is CCCC1=C([Si](C)(C)C2=C(CCC)[CH]c3cccc(-c4ccccc4C(C)C)c32)c2c(cccc2-c2ccccc2C(C)C)[CH]1. The van der Waals surface area contributed by atoms with E-state index in [1.807, 2.05) is 0 Å². The Morgan fingerprint density at radius 3 is 1.24 bits per heavy atom. The first-order chi connectivity index (χ1) is 21.7. The lowest BCUT2D eigenvalue weighted by atomic mass is 9.89. The Hall–Kier alpha value is -3.42. The molecule has 0 spiro atoms. The fraction of sp³-hybridized carbons (Fsp3) is 0.318. The van der Waals surface area contributed by atoms with Crippen LogP contribution in [0.1, 0.15) is 112 Å². The van der Waals surface area contributed by atoms with Gasteiger partial charge in [-0.15, -0.1) is 0 Å². The average Bonchev–Trinajstić information content (AvgIpc) is 3.60. The summed E-state index contributed by atoms with van der Waals surface area (Å²) in [5, 5.41) is 3.32. The average molecular weight is 607 g/mol. The van der Waals surface area contributed by atoms with Crippen LogP contribution in [0.15, 0.2) is 96.1 Å². The maximum Gasteiger partial charge on any atom is 0.113 e. The predicted octanol–water partition coefficient (Wildman–Crippen LogP) is 13.0. The summed E-state index contributed by atoms with van der Waals surface area (Å²) in [7, 11) is -2.26. The molecule has 0 N–H and O–H groups in total. The van der Waals surface area contributed by atoms with Crippen LogP contribution in [0.2, 0.25) is 13.1 Å². The van der Waals surface area contributed by atoms with Gasteiger partial charge in [0.2, 0.25) is 0 Å². The lowest BCUT2D eigenvalue weighted by molar-refractivity contribution is 0.869. The minimum Gasteiger partial charge on any atom is -0.0651 e. The second-order valence-electron chi connectivity index (χ2n) is 14.2. The molecule has 0 heterocycles. The first-order valence-corrected chi connectivity index (χ1v) is 20.3. The third-order valence-electron chi connectivity index (χ3n) is 10.0. The van der Waals surface area contributed by atoms with Crippen LogP contribution >= 0.6 is 0 Å². The molecule has 0 saturated carbocycles. The summed E-state index contributed by atoms with van der Waals surface area (Å²) in [6.45, 7) is 19.3. The van der Waals surface area contributed by atoms with Crippen molar-refractivity contribution in [2.75, 3.05) is 0 Å². The van der Waals surface area contributed by atoms with Gasteiger partial charge in [-0.1, -0.05) is 164 Å². The van der Waals surface area contributed by atoms with Crippen molar-refractivity contribution in [2.24, 2.45) is 0 Å². The van der Waals surface area contributed by atoms with Crippen molar-refractivity contribution in [3.8, 4) is 22.3 Å². The van der Waals surface area contributed by atoms with Gasteiger partial charge in [0.05, 0.1) is 0 Å². The van der Waals surface area contributed by atoms with E-state index in [-0.39, 0.29) is 0 Å². The predicted molar refractivity (Wildman–Crippen MR) is 200 cm³/mol. The van der Waals surface area contributed by atoms with E-state index in [2.05, 4.69) is 152 Å². The molecule has 6 rings (SSSR count). The highest BCUT2D eigenvalue weighted by Gasteiger charge is 2.43. The highest BCUT2D eigenvalue weighted by molar-refractivity contribution is 7.09. The third-order valence-corrected chi connectivity index (χ3v) is 13.7. The zero-order valence-corrected chi connectivity index (χ0v) is 29.7. The number of hydrogen-bond donors (Lipinski definition) is 0. The lowest BCUT2D eigenvalue weighted by Crippen LogP contribution is -2.32. The minimum atomic E-state index is -2.26. The third kappa shape index (κ3) is 5.52. The minimum absolute atomic E-state index is 0.467. The van der Waals surface area contributed by atoms with Crippen molar-refractivity contribution in [1.82, 2.24) is 0 Å². The Labute approximate surface area is 274 Å². The molecule has 0 fully saturated rings. The van der Waals surface area contributed by atoms with Gasteiger partial charge >= 0.3 is 0 Å². The molecule has 1 heteroatoms. The van der Waals surface area contributed by atoms with E-state index in [1.54, 1.807) is 21.5 Å². The van der Waals surface area contributed by atoms with Crippen LogP contribution in [-0.4, -0.2) is 8.07 Å². The highest BCUT2D eigenvalue weighted by atomic mass is 28.3. The summed E-state index contributed by atoms with van der Waals surface area (Å²) >= 11 is 0. The fourth-order valence-corrected chi connectivity index (χ4v) is 12.3. The highest BCUT2D eigenvalue weighted by Crippen LogP contribution is 2.55. The van der Waals surface area contributed by atoms with Crippen LogP contribution < -0.4 is 0 Å². The smallest absolute Gasteiger partial charge is 0.0651 e. The Morgan fingerprint density at radius 1 is 0.489 bits per heavy atom. The quantitative estimate of drug-likeness (QED) is 0.158. The van der Waals surface area contributed by atoms with Crippen molar-refractivity contribution in [1.29, 1.82) is 0 Å². The number of fused-ring (bicyclic) bond motifs is 2. The van der Waals surface area contributed by atoms with Gasteiger partial charge in [0.15, 0.2) is 0 Å². The Kier molecular flexibility index (Phi) is 8.95. The molecule has 0 amide bonds. The Bertz CT molecular complexity index is 1660. The summed E-state index contributed by atoms with van der Waals surface area (Å²) in [6.07, 6.45) is 9.64. The van der Waals surface area contributed by atoms with Crippen molar-refractivity contribution < 1.29 is 0 Å². The molecule has 45 heavy (non-hydrogen) atoms. The van der Waals surface area contributed by atoms with Crippen LogP contribution in [-0.2, 0) is 0 Å². The molecule has 4 aromatic carbocycles. The van der Waals surface area contributed by atoms with E-state index in [0.717, 1.165) is 25.7 Å².